The Kier molecular flexibility index (Phi) is 2.19. The van der Waals surface area contributed by atoms with Gasteiger partial charge in [0.2, 0.25) is 11.3 Å². The Balaban J connectivity index is 2.13. The molecule has 0 spiro atoms. The van der Waals surface area contributed by atoms with Crippen LogP contribution in [0.2, 0.25) is 0 Å². The predicted molar refractivity (Wildman–Crippen MR) is 59.5 cm³/mol. The molecule has 3 aromatic rings. The highest BCUT2D eigenvalue weighted by Gasteiger charge is 2.10. The quantitative estimate of drug-likeness (QED) is 0.496. The molecule has 0 unspecified atom stereocenters. The highest BCUT2D eigenvalue weighted by atomic mass is 16.6. The summed E-state index contributed by atoms with van der Waals surface area (Å²) in [6.07, 6.45) is 1.46. The molecule has 0 amide bonds. The first kappa shape index (κ1) is 10.3. The van der Waals surface area contributed by atoms with E-state index >= 15 is 0 Å². The Morgan fingerprint density at radius 3 is 2.89 bits per heavy atom. The third kappa shape index (κ3) is 1.65. The summed E-state index contributed by atoms with van der Waals surface area (Å²) in [6.45, 7) is 0. The van der Waals surface area contributed by atoms with Gasteiger partial charge in [0.05, 0.1) is 16.8 Å². The van der Waals surface area contributed by atoms with Crippen LogP contribution in [0.3, 0.4) is 0 Å². The van der Waals surface area contributed by atoms with Gasteiger partial charge in [0.1, 0.15) is 0 Å². The summed E-state index contributed by atoms with van der Waals surface area (Å²) in [4.78, 5) is 18.4. The number of hydrogen-bond acceptors (Lipinski definition) is 7. The number of non-ortho nitro benzene ring substituents is 1. The smallest absolute Gasteiger partial charge is 0.258 e. The van der Waals surface area contributed by atoms with Gasteiger partial charge in [-0.15, -0.1) is 0 Å². The molecule has 0 saturated carbocycles. The van der Waals surface area contributed by atoms with Crippen molar-refractivity contribution in [3.05, 3.63) is 40.6 Å². The average molecular weight is 243 g/mol. The molecule has 0 atom stereocenters. The van der Waals surface area contributed by atoms with Crippen molar-refractivity contribution in [1.29, 1.82) is 0 Å². The molecular formula is C10H5N5O3. The second-order valence-electron chi connectivity index (χ2n) is 3.47. The Bertz CT molecular complexity index is 739. The summed E-state index contributed by atoms with van der Waals surface area (Å²) >= 11 is 0. The molecule has 88 valence electrons. The Morgan fingerprint density at radius 2 is 2.06 bits per heavy atom. The van der Waals surface area contributed by atoms with Gasteiger partial charge in [-0.05, 0) is 10.3 Å². The van der Waals surface area contributed by atoms with Crippen LogP contribution in [-0.4, -0.2) is 25.2 Å². The fraction of sp³-hybridized carbons (Fsp3) is 0. The molecule has 2 aromatic heterocycles. The zero-order valence-electron chi connectivity index (χ0n) is 8.85. The van der Waals surface area contributed by atoms with E-state index in [0.717, 1.165) is 0 Å². The number of nitro benzene ring substituents is 1. The second-order valence-corrected chi connectivity index (χ2v) is 3.47. The third-order valence-corrected chi connectivity index (χ3v) is 2.34. The van der Waals surface area contributed by atoms with Crippen molar-refractivity contribution in [2.24, 2.45) is 0 Å². The molecule has 8 heteroatoms. The van der Waals surface area contributed by atoms with Crippen LogP contribution in [0, 0.1) is 10.1 Å². The van der Waals surface area contributed by atoms with E-state index in [1.807, 2.05) is 0 Å². The minimum absolute atomic E-state index is 0.00678. The van der Waals surface area contributed by atoms with E-state index in [9.17, 15) is 10.1 Å². The molecule has 0 fully saturated rings. The van der Waals surface area contributed by atoms with Gasteiger partial charge in [-0.3, -0.25) is 10.1 Å². The topological polar surface area (TPSA) is 108 Å². The summed E-state index contributed by atoms with van der Waals surface area (Å²) < 4.78 is 4.48. The third-order valence-electron chi connectivity index (χ3n) is 2.34. The van der Waals surface area contributed by atoms with Crippen LogP contribution in [0.5, 0.6) is 0 Å². The van der Waals surface area contributed by atoms with Crippen LogP contribution < -0.4 is 0 Å². The van der Waals surface area contributed by atoms with Crippen molar-refractivity contribution in [1.82, 2.24) is 20.3 Å². The summed E-state index contributed by atoms with van der Waals surface area (Å²) in [6, 6.07) is 6.12. The molecule has 2 heterocycles. The maximum Gasteiger partial charge on any atom is 0.270 e. The summed E-state index contributed by atoms with van der Waals surface area (Å²) in [5.74, 6) is 0. The maximum atomic E-state index is 10.7. The van der Waals surface area contributed by atoms with Crippen molar-refractivity contribution in [2.45, 2.75) is 0 Å². The minimum Gasteiger partial charge on any atom is -0.258 e. The number of aromatic nitrogens is 4. The summed E-state index contributed by atoms with van der Waals surface area (Å²) in [7, 11) is 0. The number of rotatable bonds is 2. The van der Waals surface area contributed by atoms with E-state index in [0.29, 0.717) is 16.9 Å². The number of nitrogens with zero attached hydrogens (tertiary/aromatic N) is 5. The Morgan fingerprint density at radius 1 is 1.22 bits per heavy atom. The first-order valence-corrected chi connectivity index (χ1v) is 4.94. The number of nitro groups is 1. The standard InChI is InChI=1S/C10H5N5O3/c16-15(17)7-3-1-2-6(4-7)8-5-11-9-10(12-8)14-18-13-9/h1-5H. The second kappa shape index (κ2) is 3.84. The van der Waals surface area contributed by atoms with Crippen LogP contribution in [0.4, 0.5) is 5.69 Å². The molecule has 0 aliphatic rings. The highest BCUT2D eigenvalue weighted by Crippen LogP contribution is 2.22. The van der Waals surface area contributed by atoms with Gasteiger partial charge in [-0.2, -0.15) is 0 Å². The summed E-state index contributed by atoms with van der Waals surface area (Å²) in [5.41, 5.74) is 1.61. The largest absolute Gasteiger partial charge is 0.270 e. The first-order valence-electron chi connectivity index (χ1n) is 4.94. The van der Waals surface area contributed by atoms with E-state index < -0.39 is 4.92 Å². The summed E-state index contributed by atoms with van der Waals surface area (Å²) in [5, 5.41) is 17.8. The van der Waals surface area contributed by atoms with Crippen LogP contribution in [0.1, 0.15) is 0 Å². The lowest BCUT2D eigenvalue weighted by Gasteiger charge is -1.99. The van der Waals surface area contributed by atoms with Gasteiger partial charge in [0.25, 0.3) is 5.69 Å². The predicted octanol–water partition coefficient (Wildman–Crippen LogP) is 1.59. The molecule has 0 radical (unpaired) electrons. The van der Waals surface area contributed by atoms with Crippen molar-refractivity contribution < 1.29 is 9.55 Å². The van der Waals surface area contributed by atoms with Gasteiger partial charge in [-0.1, -0.05) is 12.1 Å². The highest BCUT2D eigenvalue weighted by molar-refractivity contribution is 5.69. The lowest BCUT2D eigenvalue weighted by Crippen LogP contribution is -1.91. The van der Waals surface area contributed by atoms with Crippen LogP contribution in [0.15, 0.2) is 35.1 Å². The molecular weight excluding hydrogens is 238 g/mol. The van der Waals surface area contributed by atoms with Gasteiger partial charge in [0, 0.05) is 17.7 Å². The minimum atomic E-state index is -0.465. The van der Waals surface area contributed by atoms with Crippen molar-refractivity contribution >= 4 is 17.0 Å². The van der Waals surface area contributed by atoms with E-state index in [-0.39, 0.29) is 11.3 Å². The monoisotopic (exact) mass is 243 g/mol. The molecule has 3 rings (SSSR count). The fourth-order valence-electron chi connectivity index (χ4n) is 1.51. The molecule has 18 heavy (non-hydrogen) atoms. The molecule has 0 N–H and O–H groups in total. The molecule has 0 saturated heterocycles. The lowest BCUT2D eigenvalue weighted by molar-refractivity contribution is -0.384. The average Bonchev–Trinajstić information content (AvgIpc) is 2.86. The van der Waals surface area contributed by atoms with Crippen molar-refractivity contribution in [2.75, 3.05) is 0 Å². The van der Waals surface area contributed by atoms with Crippen LogP contribution in [0.25, 0.3) is 22.6 Å². The fourth-order valence-corrected chi connectivity index (χ4v) is 1.51. The molecule has 0 bridgehead atoms. The number of fused-ring (bicyclic) bond motifs is 1. The zero-order valence-corrected chi connectivity index (χ0v) is 8.85. The zero-order chi connectivity index (χ0) is 12.5. The van der Waals surface area contributed by atoms with E-state index in [1.165, 1.54) is 18.3 Å². The van der Waals surface area contributed by atoms with Crippen molar-refractivity contribution in [3.63, 3.8) is 0 Å². The molecule has 1 aromatic carbocycles. The van der Waals surface area contributed by atoms with E-state index in [2.05, 4.69) is 24.9 Å². The SMILES string of the molecule is O=[N+]([O-])c1cccc(-c2cnc3nonc3n2)c1. The number of hydrogen-bond donors (Lipinski definition) is 0. The van der Waals surface area contributed by atoms with Gasteiger partial charge < -0.3 is 0 Å². The van der Waals surface area contributed by atoms with E-state index in [4.69, 9.17) is 0 Å². The van der Waals surface area contributed by atoms with Gasteiger partial charge >= 0.3 is 0 Å². The lowest BCUT2D eigenvalue weighted by atomic mass is 10.1. The normalized spacial score (nSPS) is 10.7. The number of benzene rings is 1. The first-order chi connectivity index (χ1) is 8.74. The van der Waals surface area contributed by atoms with Crippen LogP contribution in [-0.2, 0) is 0 Å². The van der Waals surface area contributed by atoms with E-state index in [1.54, 1.807) is 12.1 Å². The Hall–Kier alpha value is -2.90. The maximum absolute atomic E-state index is 10.7. The van der Waals surface area contributed by atoms with Crippen molar-refractivity contribution in [3.8, 4) is 11.3 Å². The molecule has 0 aliphatic heterocycles. The van der Waals surface area contributed by atoms with Gasteiger partial charge in [-0.25, -0.2) is 14.6 Å². The van der Waals surface area contributed by atoms with Crippen LogP contribution >= 0.6 is 0 Å². The molecule has 8 nitrogen and oxygen atoms in total. The Labute approximate surface area is 99.4 Å². The molecule has 0 aliphatic carbocycles. The van der Waals surface area contributed by atoms with Gasteiger partial charge in [0.15, 0.2) is 0 Å².